The van der Waals surface area contributed by atoms with Crippen molar-refractivity contribution >= 4 is 17.6 Å². The van der Waals surface area contributed by atoms with Crippen LogP contribution in [-0.4, -0.2) is 44.8 Å². The Morgan fingerprint density at radius 2 is 2.00 bits per heavy atom. The molecule has 114 valence electrons. The number of carbonyl (C=O) groups excluding carboxylic acids is 2. The zero-order chi connectivity index (χ0) is 15.2. The molecule has 1 amide bonds. The van der Waals surface area contributed by atoms with Crippen molar-refractivity contribution in [2.24, 2.45) is 0 Å². The van der Waals surface area contributed by atoms with Crippen LogP contribution in [0.1, 0.15) is 6.92 Å². The standard InChI is InChI=1S/C14H18N2O5/c1-9(14(18)19-2)15-8-13(17)16-10-3-4-11-12(7-10)21-6-5-20-11/h3-4,7,9,15H,5-6,8H2,1-2H3,(H,16,17). The Labute approximate surface area is 122 Å². The predicted molar refractivity (Wildman–Crippen MR) is 75.5 cm³/mol. The number of amides is 1. The molecule has 0 saturated carbocycles. The number of hydrogen-bond donors (Lipinski definition) is 2. The summed E-state index contributed by atoms with van der Waals surface area (Å²) in [5, 5.41) is 5.49. The fourth-order valence-electron chi connectivity index (χ4n) is 1.83. The van der Waals surface area contributed by atoms with Crippen molar-refractivity contribution in [2.45, 2.75) is 13.0 Å². The molecule has 1 aliphatic heterocycles. The average Bonchev–Trinajstić information content (AvgIpc) is 2.51. The molecule has 1 heterocycles. The highest BCUT2D eigenvalue weighted by atomic mass is 16.6. The fraction of sp³-hybridized carbons (Fsp3) is 0.429. The fourth-order valence-corrected chi connectivity index (χ4v) is 1.83. The summed E-state index contributed by atoms with van der Waals surface area (Å²) >= 11 is 0. The lowest BCUT2D eigenvalue weighted by atomic mass is 10.2. The van der Waals surface area contributed by atoms with E-state index in [1.54, 1.807) is 25.1 Å². The minimum Gasteiger partial charge on any atom is -0.486 e. The van der Waals surface area contributed by atoms with Gasteiger partial charge in [-0.1, -0.05) is 0 Å². The lowest BCUT2D eigenvalue weighted by Crippen LogP contribution is -2.39. The van der Waals surface area contributed by atoms with E-state index in [1.807, 2.05) is 0 Å². The lowest BCUT2D eigenvalue weighted by Gasteiger charge is -2.19. The summed E-state index contributed by atoms with van der Waals surface area (Å²) in [6, 6.07) is 4.64. The molecule has 0 aromatic heterocycles. The number of benzene rings is 1. The van der Waals surface area contributed by atoms with E-state index in [0.29, 0.717) is 30.4 Å². The van der Waals surface area contributed by atoms with Gasteiger partial charge in [-0.05, 0) is 19.1 Å². The molecule has 2 N–H and O–H groups in total. The first-order valence-electron chi connectivity index (χ1n) is 6.61. The normalized spacial score (nSPS) is 14.2. The summed E-state index contributed by atoms with van der Waals surface area (Å²) in [7, 11) is 1.30. The third-order valence-electron chi connectivity index (χ3n) is 2.95. The number of rotatable bonds is 5. The van der Waals surface area contributed by atoms with Crippen LogP contribution in [0.15, 0.2) is 18.2 Å². The Hall–Kier alpha value is -2.28. The van der Waals surface area contributed by atoms with Crippen molar-refractivity contribution in [1.29, 1.82) is 0 Å². The SMILES string of the molecule is COC(=O)C(C)NCC(=O)Nc1ccc2c(c1)OCCO2. The predicted octanol–water partition coefficient (Wildman–Crippen LogP) is 0.547. The molecule has 1 atom stereocenters. The zero-order valence-electron chi connectivity index (χ0n) is 12.0. The third-order valence-corrected chi connectivity index (χ3v) is 2.95. The van der Waals surface area contributed by atoms with Gasteiger partial charge in [-0.3, -0.25) is 14.9 Å². The van der Waals surface area contributed by atoms with Gasteiger partial charge in [-0.25, -0.2) is 0 Å². The van der Waals surface area contributed by atoms with E-state index in [-0.39, 0.29) is 12.5 Å². The van der Waals surface area contributed by atoms with Gasteiger partial charge >= 0.3 is 5.97 Å². The van der Waals surface area contributed by atoms with Crippen molar-refractivity contribution in [2.75, 3.05) is 32.2 Å². The molecule has 0 spiro atoms. The summed E-state index contributed by atoms with van der Waals surface area (Å²) in [6.07, 6.45) is 0. The molecule has 7 nitrogen and oxygen atoms in total. The van der Waals surface area contributed by atoms with Crippen LogP contribution in [0.3, 0.4) is 0 Å². The van der Waals surface area contributed by atoms with Crippen LogP contribution < -0.4 is 20.1 Å². The molecule has 0 bridgehead atoms. The van der Waals surface area contributed by atoms with Crippen LogP contribution in [0.25, 0.3) is 0 Å². The number of ether oxygens (including phenoxy) is 3. The van der Waals surface area contributed by atoms with Crippen molar-refractivity contribution in [3.63, 3.8) is 0 Å². The van der Waals surface area contributed by atoms with Crippen LogP contribution in [0.2, 0.25) is 0 Å². The van der Waals surface area contributed by atoms with E-state index in [1.165, 1.54) is 7.11 Å². The molecule has 0 aliphatic carbocycles. The molecule has 0 radical (unpaired) electrons. The van der Waals surface area contributed by atoms with E-state index < -0.39 is 12.0 Å². The van der Waals surface area contributed by atoms with E-state index in [4.69, 9.17) is 9.47 Å². The number of nitrogens with one attached hydrogen (secondary N) is 2. The average molecular weight is 294 g/mol. The maximum atomic E-state index is 11.8. The van der Waals surface area contributed by atoms with Gasteiger partial charge in [-0.2, -0.15) is 0 Å². The second kappa shape index (κ2) is 6.94. The van der Waals surface area contributed by atoms with E-state index >= 15 is 0 Å². The highest BCUT2D eigenvalue weighted by Crippen LogP contribution is 2.32. The van der Waals surface area contributed by atoms with E-state index in [2.05, 4.69) is 15.4 Å². The van der Waals surface area contributed by atoms with Gasteiger partial charge in [0.15, 0.2) is 11.5 Å². The van der Waals surface area contributed by atoms with Crippen molar-refractivity contribution < 1.29 is 23.8 Å². The maximum Gasteiger partial charge on any atom is 0.322 e. The maximum absolute atomic E-state index is 11.8. The van der Waals surface area contributed by atoms with Crippen molar-refractivity contribution in [3.8, 4) is 11.5 Å². The second-order valence-corrected chi connectivity index (χ2v) is 4.53. The Morgan fingerprint density at radius 1 is 1.29 bits per heavy atom. The molecular weight excluding hydrogens is 276 g/mol. The lowest BCUT2D eigenvalue weighted by molar-refractivity contribution is -0.142. The van der Waals surface area contributed by atoms with Gasteiger partial charge in [0.1, 0.15) is 19.3 Å². The largest absolute Gasteiger partial charge is 0.486 e. The quantitative estimate of drug-likeness (QED) is 0.771. The summed E-state index contributed by atoms with van der Waals surface area (Å²) in [4.78, 5) is 23.0. The van der Waals surface area contributed by atoms with E-state index in [9.17, 15) is 9.59 Å². The molecule has 0 saturated heterocycles. The van der Waals surface area contributed by atoms with Crippen LogP contribution in [0.4, 0.5) is 5.69 Å². The molecule has 0 fully saturated rings. The monoisotopic (exact) mass is 294 g/mol. The summed E-state index contributed by atoms with van der Waals surface area (Å²) < 4.78 is 15.4. The Morgan fingerprint density at radius 3 is 2.71 bits per heavy atom. The molecular formula is C14H18N2O5. The minimum absolute atomic E-state index is 0.00467. The second-order valence-electron chi connectivity index (χ2n) is 4.53. The van der Waals surface area contributed by atoms with Crippen molar-refractivity contribution in [1.82, 2.24) is 5.32 Å². The molecule has 1 aromatic carbocycles. The molecule has 1 aromatic rings. The number of methoxy groups -OCH3 is 1. The molecule has 21 heavy (non-hydrogen) atoms. The van der Waals surface area contributed by atoms with Crippen LogP contribution in [0, 0.1) is 0 Å². The first-order chi connectivity index (χ1) is 10.1. The summed E-state index contributed by atoms with van der Waals surface area (Å²) in [6.45, 7) is 2.64. The molecule has 1 unspecified atom stereocenters. The molecule has 7 heteroatoms. The van der Waals surface area contributed by atoms with Gasteiger partial charge in [0.05, 0.1) is 13.7 Å². The van der Waals surface area contributed by atoms with Crippen molar-refractivity contribution in [3.05, 3.63) is 18.2 Å². The number of esters is 1. The highest BCUT2D eigenvalue weighted by Gasteiger charge is 2.15. The third kappa shape index (κ3) is 4.09. The molecule has 1 aliphatic rings. The minimum atomic E-state index is -0.541. The number of fused-ring (bicyclic) bond motifs is 1. The summed E-state index contributed by atoms with van der Waals surface area (Å²) in [5.41, 5.74) is 0.608. The van der Waals surface area contributed by atoms with Gasteiger partial charge < -0.3 is 19.5 Å². The van der Waals surface area contributed by atoms with E-state index in [0.717, 1.165) is 0 Å². The number of anilines is 1. The Bertz CT molecular complexity index is 532. The topological polar surface area (TPSA) is 85.9 Å². The van der Waals surface area contributed by atoms with Crippen LogP contribution in [-0.2, 0) is 14.3 Å². The zero-order valence-corrected chi connectivity index (χ0v) is 12.0. The van der Waals surface area contributed by atoms with Gasteiger partial charge in [-0.15, -0.1) is 0 Å². The highest BCUT2D eigenvalue weighted by molar-refractivity contribution is 5.93. The molecule has 2 rings (SSSR count). The summed E-state index contributed by atoms with van der Waals surface area (Å²) in [5.74, 6) is 0.594. The first kappa shape index (κ1) is 15.1. The number of hydrogen-bond acceptors (Lipinski definition) is 6. The Balaban J connectivity index is 1.86. The van der Waals surface area contributed by atoms with Crippen LogP contribution in [0.5, 0.6) is 11.5 Å². The van der Waals surface area contributed by atoms with Gasteiger partial charge in [0, 0.05) is 11.8 Å². The first-order valence-corrected chi connectivity index (χ1v) is 6.61. The van der Waals surface area contributed by atoms with Gasteiger partial charge in [0.2, 0.25) is 5.91 Å². The smallest absolute Gasteiger partial charge is 0.322 e. The Kier molecular flexibility index (Phi) is 4.99. The van der Waals surface area contributed by atoms with Crippen LogP contribution >= 0.6 is 0 Å². The van der Waals surface area contributed by atoms with Gasteiger partial charge in [0.25, 0.3) is 0 Å². The number of carbonyl (C=O) groups is 2.